The highest BCUT2D eigenvalue weighted by Gasteiger charge is 2.12. The number of hydrogen-bond donors (Lipinski definition) is 2. The minimum absolute atomic E-state index is 0.406. The van der Waals surface area contributed by atoms with Crippen LogP contribution in [0.1, 0.15) is 18.1 Å². The molecule has 0 aliphatic rings. The fourth-order valence-corrected chi connectivity index (χ4v) is 2.52. The van der Waals surface area contributed by atoms with Gasteiger partial charge in [-0.05, 0) is 42.4 Å². The number of hydrazone groups is 1. The molecule has 0 aliphatic heterocycles. The molecule has 2 N–H and O–H groups in total. The minimum atomic E-state index is 0.406. The molecule has 0 radical (unpaired) electrons. The van der Waals surface area contributed by atoms with Crippen molar-refractivity contribution in [2.75, 3.05) is 13.7 Å². The van der Waals surface area contributed by atoms with Gasteiger partial charge in [0.1, 0.15) is 6.61 Å². The molecule has 0 saturated heterocycles. The lowest BCUT2D eigenvalue weighted by Gasteiger charge is -2.13. The summed E-state index contributed by atoms with van der Waals surface area (Å²) in [6.07, 6.45) is 1.61. The molecule has 0 amide bonds. The monoisotopic (exact) mass is 377 g/mol. The van der Waals surface area contributed by atoms with Crippen LogP contribution in [-0.4, -0.2) is 25.0 Å². The molecule has 132 valence electrons. The smallest absolute Gasteiger partial charge is 0.186 e. The maximum atomic E-state index is 6.35. The molecule has 0 unspecified atom stereocenters. The third kappa shape index (κ3) is 5.92. The van der Waals surface area contributed by atoms with Crippen molar-refractivity contribution in [1.29, 1.82) is 0 Å². The molecule has 0 aromatic heterocycles. The van der Waals surface area contributed by atoms with Crippen molar-refractivity contribution < 1.29 is 9.47 Å². The summed E-state index contributed by atoms with van der Waals surface area (Å²) in [6, 6.07) is 13.4. The fraction of sp³-hybridized carbons (Fsp3) is 0.222. The van der Waals surface area contributed by atoms with Gasteiger partial charge in [0, 0.05) is 6.54 Å². The van der Waals surface area contributed by atoms with Gasteiger partial charge in [-0.2, -0.15) is 5.10 Å². The summed E-state index contributed by atoms with van der Waals surface area (Å²) in [4.78, 5) is 0. The van der Waals surface area contributed by atoms with Crippen molar-refractivity contribution >= 4 is 35.1 Å². The van der Waals surface area contributed by atoms with Crippen LogP contribution >= 0.6 is 23.8 Å². The molecular weight excluding hydrogens is 358 g/mol. The lowest BCUT2D eigenvalue weighted by molar-refractivity contribution is 0.284. The Morgan fingerprint density at radius 1 is 1.28 bits per heavy atom. The van der Waals surface area contributed by atoms with Gasteiger partial charge >= 0.3 is 0 Å². The molecule has 0 fully saturated rings. The molecular formula is C18H20ClN3O2S. The summed E-state index contributed by atoms with van der Waals surface area (Å²) in [5.74, 6) is 1.04. The highest BCUT2D eigenvalue weighted by atomic mass is 35.5. The number of benzene rings is 2. The first-order valence-corrected chi connectivity index (χ1v) is 8.53. The quantitative estimate of drug-likeness (QED) is 0.437. The average molecular weight is 378 g/mol. The minimum Gasteiger partial charge on any atom is -0.493 e. The lowest BCUT2D eigenvalue weighted by Crippen LogP contribution is -2.31. The van der Waals surface area contributed by atoms with Crippen LogP contribution in [0, 0.1) is 0 Å². The predicted octanol–water partition coefficient (Wildman–Crippen LogP) is 3.75. The van der Waals surface area contributed by atoms with E-state index >= 15 is 0 Å². The number of rotatable bonds is 7. The van der Waals surface area contributed by atoms with Crippen molar-refractivity contribution in [3.05, 3.63) is 58.6 Å². The van der Waals surface area contributed by atoms with E-state index in [-0.39, 0.29) is 0 Å². The third-order valence-corrected chi connectivity index (χ3v) is 3.71. The Bertz CT molecular complexity index is 739. The second-order valence-electron chi connectivity index (χ2n) is 5.04. The molecule has 0 bridgehead atoms. The zero-order valence-corrected chi connectivity index (χ0v) is 15.7. The Hall–Kier alpha value is -2.31. The highest BCUT2D eigenvalue weighted by Crippen LogP contribution is 2.36. The second-order valence-corrected chi connectivity index (χ2v) is 5.85. The Balaban J connectivity index is 2.09. The number of thiocarbonyl (C=S) groups is 1. The number of halogens is 1. The van der Waals surface area contributed by atoms with E-state index in [0.717, 1.165) is 17.7 Å². The van der Waals surface area contributed by atoms with E-state index in [1.807, 2.05) is 37.3 Å². The molecule has 5 nitrogen and oxygen atoms in total. The van der Waals surface area contributed by atoms with Gasteiger partial charge in [0.25, 0.3) is 0 Å². The highest BCUT2D eigenvalue weighted by molar-refractivity contribution is 7.80. The van der Waals surface area contributed by atoms with Crippen molar-refractivity contribution in [2.24, 2.45) is 5.10 Å². The Labute approximate surface area is 158 Å². The summed E-state index contributed by atoms with van der Waals surface area (Å²) in [5, 5.41) is 7.92. The molecule has 2 rings (SSSR count). The standard InChI is InChI=1S/C18H20ClN3O2S/c1-3-20-18(25)22-21-11-14-9-15(19)17(16(10-14)23-2)24-12-13-7-5-4-6-8-13/h4-11H,3,12H2,1-2H3,(H2,20,22,25)/b21-11-. The van der Waals surface area contributed by atoms with Crippen LogP contribution in [0.15, 0.2) is 47.6 Å². The Morgan fingerprint density at radius 2 is 2.04 bits per heavy atom. The molecule has 0 heterocycles. The van der Waals surface area contributed by atoms with Gasteiger partial charge in [-0.15, -0.1) is 0 Å². The van der Waals surface area contributed by atoms with Crippen molar-refractivity contribution in [2.45, 2.75) is 13.5 Å². The fourth-order valence-electron chi connectivity index (χ4n) is 2.05. The molecule has 0 aliphatic carbocycles. The molecule has 0 saturated carbocycles. The van der Waals surface area contributed by atoms with Crippen molar-refractivity contribution in [3.63, 3.8) is 0 Å². The van der Waals surface area contributed by atoms with Crippen LogP contribution in [0.3, 0.4) is 0 Å². The van der Waals surface area contributed by atoms with Crippen LogP contribution in [0.25, 0.3) is 0 Å². The number of methoxy groups -OCH3 is 1. The topological polar surface area (TPSA) is 54.9 Å². The van der Waals surface area contributed by atoms with Crippen LogP contribution in [-0.2, 0) is 6.61 Å². The first-order chi connectivity index (χ1) is 12.1. The summed E-state index contributed by atoms with van der Waals surface area (Å²) >= 11 is 11.4. The Kier molecular flexibility index (Phi) is 7.50. The van der Waals surface area contributed by atoms with Crippen LogP contribution in [0.5, 0.6) is 11.5 Å². The summed E-state index contributed by atoms with van der Waals surface area (Å²) < 4.78 is 11.2. The first kappa shape index (κ1) is 19.0. The molecule has 2 aromatic carbocycles. The Morgan fingerprint density at radius 3 is 2.72 bits per heavy atom. The molecule has 0 atom stereocenters. The number of ether oxygens (including phenoxy) is 2. The van der Waals surface area contributed by atoms with Crippen LogP contribution < -0.4 is 20.2 Å². The predicted molar refractivity (Wildman–Crippen MR) is 106 cm³/mol. The number of nitrogens with zero attached hydrogens (tertiary/aromatic N) is 1. The van der Waals surface area contributed by atoms with Gasteiger partial charge in [0.2, 0.25) is 0 Å². The largest absolute Gasteiger partial charge is 0.493 e. The van der Waals surface area contributed by atoms with Gasteiger partial charge in [0.05, 0.1) is 18.3 Å². The summed E-state index contributed by atoms with van der Waals surface area (Å²) in [6.45, 7) is 3.09. The van der Waals surface area contributed by atoms with Gasteiger partial charge in [-0.25, -0.2) is 0 Å². The molecule has 2 aromatic rings. The first-order valence-electron chi connectivity index (χ1n) is 7.75. The van der Waals surface area contributed by atoms with E-state index in [2.05, 4.69) is 15.8 Å². The third-order valence-electron chi connectivity index (χ3n) is 3.19. The zero-order valence-electron chi connectivity index (χ0n) is 14.1. The van der Waals surface area contributed by atoms with Crippen molar-refractivity contribution in [1.82, 2.24) is 10.7 Å². The maximum absolute atomic E-state index is 6.35. The van der Waals surface area contributed by atoms with Gasteiger partial charge in [-0.3, -0.25) is 5.43 Å². The lowest BCUT2D eigenvalue weighted by atomic mass is 10.2. The van der Waals surface area contributed by atoms with E-state index in [9.17, 15) is 0 Å². The second kappa shape index (κ2) is 9.86. The molecule has 0 spiro atoms. The van der Waals surface area contributed by atoms with Gasteiger partial charge in [0.15, 0.2) is 16.6 Å². The van der Waals surface area contributed by atoms with Gasteiger partial charge < -0.3 is 14.8 Å². The van der Waals surface area contributed by atoms with Crippen LogP contribution in [0.2, 0.25) is 5.02 Å². The van der Waals surface area contributed by atoms with Crippen molar-refractivity contribution in [3.8, 4) is 11.5 Å². The normalized spacial score (nSPS) is 10.5. The van der Waals surface area contributed by atoms with E-state index in [4.69, 9.17) is 33.3 Å². The maximum Gasteiger partial charge on any atom is 0.186 e. The van der Waals surface area contributed by atoms with Crippen LogP contribution in [0.4, 0.5) is 0 Å². The number of hydrogen-bond acceptors (Lipinski definition) is 4. The average Bonchev–Trinajstić information content (AvgIpc) is 2.61. The number of nitrogens with one attached hydrogen (secondary N) is 2. The molecule has 7 heteroatoms. The van der Waals surface area contributed by atoms with Gasteiger partial charge in [-0.1, -0.05) is 41.9 Å². The zero-order chi connectivity index (χ0) is 18.1. The summed E-state index contributed by atoms with van der Waals surface area (Å²) in [5.41, 5.74) is 4.54. The summed E-state index contributed by atoms with van der Waals surface area (Å²) in [7, 11) is 1.57. The van der Waals surface area contributed by atoms with E-state index in [1.54, 1.807) is 25.5 Å². The molecule has 25 heavy (non-hydrogen) atoms. The van der Waals surface area contributed by atoms with E-state index < -0.39 is 0 Å². The van der Waals surface area contributed by atoms with E-state index in [1.165, 1.54) is 0 Å². The van der Waals surface area contributed by atoms with E-state index in [0.29, 0.717) is 28.2 Å². The SMILES string of the molecule is CCNC(=S)N/N=C\c1cc(Cl)c(OCc2ccccc2)c(OC)c1.